The van der Waals surface area contributed by atoms with E-state index in [0.717, 1.165) is 29.7 Å². The number of hydrogen-bond acceptors (Lipinski definition) is 3. The number of rotatable bonds is 8. The monoisotopic (exact) mass is 416 g/mol. The molecule has 26 heavy (non-hydrogen) atoms. The van der Waals surface area contributed by atoms with Crippen molar-refractivity contribution >= 4 is 15.9 Å². The zero-order chi connectivity index (χ0) is 18.4. The van der Waals surface area contributed by atoms with Gasteiger partial charge in [0.2, 0.25) is 0 Å². The molecule has 1 N–H and O–H groups in total. The summed E-state index contributed by atoms with van der Waals surface area (Å²) >= 11 is 3.52. The normalized spacial score (nSPS) is 16.5. The standard InChI is InChI=1S/C22H29BrN2O/c1-3-4-5-6-15-25(2)26-20-11-12-21-18(16-20)13-14-24-22(21)17-7-9-19(23)10-8-17/h7-12,16,22,24H,3-6,13-15H2,1-2H3. The molecule has 0 aliphatic carbocycles. The van der Waals surface area contributed by atoms with Crippen LogP contribution in [0.1, 0.15) is 55.3 Å². The van der Waals surface area contributed by atoms with E-state index < -0.39 is 0 Å². The fourth-order valence-corrected chi connectivity index (χ4v) is 3.80. The van der Waals surface area contributed by atoms with Gasteiger partial charge in [0.1, 0.15) is 5.75 Å². The van der Waals surface area contributed by atoms with Gasteiger partial charge in [0, 0.05) is 24.6 Å². The minimum Gasteiger partial charge on any atom is -0.406 e. The Morgan fingerprint density at radius 2 is 1.92 bits per heavy atom. The highest BCUT2D eigenvalue weighted by atomic mass is 79.9. The lowest BCUT2D eigenvalue weighted by Crippen LogP contribution is -2.30. The molecule has 0 amide bonds. The van der Waals surface area contributed by atoms with Crippen LogP contribution in [0.4, 0.5) is 0 Å². The molecule has 1 heterocycles. The lowest BCUT2D eigenvalue weighted by molar-refractivity contribution is -0.0328. The Hall–Kier alpha value is -1.36. The molecule has 140 valence electrons. The molecule has 0 aromatic heterocycles. The molecule has 1 unspecified atom stereocenters. The van der Waals surface area contributed by atoms with Gasteiger partial charge in [-0.1, -0.05) is 60.3 Å². The third kappa shape index (κ3) is 5.09. The third-order valence-corrected chi connectivity index (χ3v) is 5.49. The van der Waals surface area contributed by atoms with E-state index in [2.05, 4.69) is 70.6 Å². The predicted octanol–water partition coefficient (Wildman–Crippen LogP) is 5.49. The first-order chi connectivity index (χ1) is 12.7. The van der Waals surface area contributed by atoms with E-state index in [4.69, 9.17) is 4.84 Å². The van der Waals surface area contributed by atoms with Crippen molar-refractivity contribution in [2.75, 3.05) is 20.1 Å². The van der Waals surface area contributed by atoms with E-state index >= 15 is 0 Å². The van der Waals surface area contributed by atoms with Gasteiger partial charge in [0.15, 0.2) is 0 Å². The number of nitrogens with zero attached hydrogens (tertiary/aromatic N) is 1. The number of benzene rings is 2. The Balaban J connectivity index is 1.67. The Morgan fingerprint density at radius 3 is 2.69 bits per heavy atom. The average molecular weight is 417 g/mol. The van der Waals surface area contributed by atoms with Crippen LogP contribution in [0, 0.1) is 0 Å². The molecular weight excluding hydrogens is 388 g/mol. The second-order valence-corrected chi connectivity index (χ2v) is 7.97. The van der Waals surface area contributed by atoms with Gasteiger partial charge in [-0.25, -0.2) is 0 Å². The fourth-order valence-electron chi connectivity index (χ4n) is 3.54. The van der Waals surface area contributed by atoms with Crippen LogP contribution in [0.5, 0.6) is 5.75 Å². The second-order valence-electron chi connectivity index (χ2n) is 7.05. The zero-order valence-electron chi connectivity index (χ0n) is 15.8. The second kappa shape index (κ2) is 9.54. The van der Waals surface area contributed by atoms with Gasteiger partial charge in [-0.05, 0) is 53.8 Å². The molecule has 3 rings (SSSR count). The first-order valence-electron chi connectivity index (χ1n) is 9.68. The van der Waals surface area contributed by atoms with Gasteiger partial charge in [-0.15, -0.1) is 5.06 Å². The van der Waals surface area contributed by atoms with E-state index in [1.807, 2.05) is 12.1 Å². The van der Waals surface area contributed by atoms with Gasteiger partial charge in [0.05, 0.1) is 6.04 Å². The Labute approximate surface area is 165 Å². The summed E-state index contributed by atoms with van der Waals surface area (Å²) in [5, 5.41) is 5.61. The van der Waals surface area contributed by atoms with Gasteiger partial charge < -0.3 is 10.2 Å². The van der Waals surface area contributed by atoms with Crippen LogP contribution in [0.25, 0.3) is 0 Å². The molecule has 1 aliphatic heterocycles. The molecule has 3 nitrogen and oxygen atoms in total. The van der Waals surface area contributed by atoms with E-state index in [1.165, 1.54) is 42.4 Å². The van der Waals surface area contributed by atoms with Crippen LogP contribution in [0.2, 0.25) is 0 Å². The first-order valence-corrected chi connectivity index (χ1v) is 10.5. The summed E-state index contributed by atoms with van der Waals surface area (Å²) in [5.41, 5.74) is 4.04. The highest BCUT2D eigenvalue weighted by Crippen LogP contribution is 2.31. The molecule has 0 spiro atoms. The molecule has 2 aromatic rings. The maximum Gasteiger partial charge on any atom is 0.147 e. The largest absolute Gasteiger partial charge is 0.406 e. The van der Waals surface area contributed by atoms with E-state index in [1.54, 1.807) is 0 Å². The van der Waals surface area contributed by atoms with Crippen LogP contribution in [-0.2, 0) is 6.42 Å². The van der Waals surface area contributed by atoms with E-state index in [9.17, 15) is 0 Å². The Bertz CT molecular complexity index is 702. The summed E-state index contributed by atoms with van der Waals surface area (Å²) in [5.74, 6) is 0.943. The number of hydroxylamine groups is 2. The number of halogens is 1. The lowest BCUT2D eigenvalue weighted by atomic mass is 9.90. The Morgan fingerprint density at radius 1 is 1.12 bits per heavy atom. The molecule has 0 radical (unpaired) electrons. The van der Waals surface area contributed by atoms with Crippen molar-refractivity contribution in [1.82, 2.24) is 10.4 Å². The molecule has 0 saturated heterocycles. The van der Waals surface area contributed by atoms with Crippen molar-refractivity contribution in [1.29, 1.82) is 0 Å². The summed E-state index contributed by atoms with van der Waals surface area (Å²) in [6, 6.07) is 15.4. The molecule has 1 aliphatic rings. The molecule has 4 heteroatoms. The van der Waals surface area contributed by atoms with Crippen molar-refractivity contribution < 1.29 is 4.84 Å². The summed E-state index contributed by atoms with van der Waals surface area (Å²) in [4.78, 5) is 6.02. The summed E-state index contributed by atoms with van der Waals surface area (Å²) in [7, 11) is 2.03. The minimum absolute atomic E-state index is 0.257. The summed E-state index contributed by atoms with van der Waals surface area (Å²) in [6.07, 6.45) is 6.07. The number of nitrogens with one attached hydrogen (secondary N) is 1. The highest BCUT2D eigenvalue weighted by molar-refractivity contribution is 9.10. The average Bonchev–Trinajstić information content (AvgIpc) is 2.65. The fraction of sp³-hybridized carbons (Fsp3) is 0.455. The maximum absolute atomic E-state index is 6.02. The van der Waals surface area contributed by atoms with Crippen molar-refractivity contribution in [2.45, 2.75) is 45.1 Å². The smallest absolute Gasteiger partial charge is 0.147 e. The van der Waals surface area contributed by atoms with Crippen LogP contribution in [0.3, 0.4) is 0 Å². The van der Waals surface area contributed by atoms with Gasteiger partial charge in [-0.2, -0.15) is 0 Å². The molecule has 2 aromatic carbocycles. The van der Waals surface area contributed by atoms with Crippen molar-refractivity contribution in [3.05, 3.63) is 63.6 Å². The summed E-state index contributed by atoms with van der Waals surface area (Å²) < 4.78 is 1.11. The Kier molecular flexibility index (Phi) is 7.12. The van der Waals surface area contributed by atoms with Gasteiger partial charge in [-0.3, -0.25) is 0 Å². The first kappa shape index (κ1) is 19.4. The molecule has 0 bridgehead atoms. The quantitative estimate of drug-likeness (QED) is 0.454. The topological polar surface area (TPSA) is 24.5 Å². The number of unbranched alkanes of at least 4 members (excludes halogenated alkanes) is 3. The van der Waals surface area contributed by atoms with E-state index in [0.29, 0.717) is 0 Å². The summed E-state index contributed by atoms with van der Waals surface area (Å²) in [6.45, 7) is 4.20. The lowest BCUT2D eigenvalue weighted by Gasteiger charge is -2.28. The molecule has 0 fully saturated rings. The van der Waals surface area contributed by atoms with Crippen LogP contribution >= 0.6 is 15.9 Å². The van der Waals surface area contributed by atoms with Crippen LogP contribution in [0.15, 0.2) is 46.9 Å². The maximum atomic E-state index is 6.02. The van der Waals surface area contributed by atoms with Gasteiger partial charge in [0.25, 0.3) is 0 Å². The predicted molar refractivity (Wildman–Crippen MR) is 112 cm³/mol. The third-order valence-electron chi connectivity index (χ3n) is 4.96. The SMILES string of the molecule is CCCCCCN(C)Oc1ccc2c(c1)CCNC2c1ccc(Br)cc1. The highest BCUT2D eigenvalue weighted by Gasteiger charge is 2.21. The number of hydrogen-bond donors (Lipinski definition) is 1. The van der Waals surface area contributed by atoms with Gasteiger partial charge >= 0.3 is 0 Å². The number of fused-ring (bicyclic) bond motifs is 1. The minimum atomic E-state index is 0.257. The molecule has 1 atom stereocenters. The molecule has 0 saturated carbocycles. The van der Waals surface area contributed by atoms with E-state index in [-0.39, 0.29) is 6.04 Å². The van der Waals surface area contributed by atoms with Crippen molar-refractivity contribution in [3.8, 4) is 5.75 Å². The zero-order valence-corrected chi connectivity index (χ0v) is 17.4. The van der Waals surface area contributed by atoms with Crippen LogP contribution in [-0.4, -0.2) is 25.2 Å². The van der Waals surface area contributed by atoms with Crippen molar-refractivity contribution in [2.24, 2.45) is 0 Å². The molecular formula is C22H29BrN2O. The van der Waals surface area contributed by atoms with Crippen LogP contribution < -0.4 is 10.2 Å². The van der Waals surface area contributed by atoms with Crippen molar-refractivity contribution in [3.63, 3.8) is 0 Å².